The van der Waals surface area contributed by atoms with Gasteiger partial charge in [0, 0.05) is 36.8 Å². The number of tetrazole rings is 1. The second-order valence-corrected chi connectivity index (χ2v) is 7.71. The SMILES string of the molecule is C#CCCc1cn(CCCC)c(=O)n1Cc1ccc(-c2ccccc2-n2cnnn2)cc1. The van der Waals surface area contributed by atoms with Crippen LogP contribution in [0.25, 0.3) is 16.8 Å². The average molecular weight is 427 g/mol. The molecule has 7 heteroatoms. The van der Waals surface area contributed by atoms with Gasteiger partial charge in [-0.25, -0.2) is 4.79 Å². The molecule has 162 valence electrons. The molecule has 0 radical (unpaired) electrons. The number of aryl methyl sites for hydroxylation is 2. The Labute approximate surface area is 187 Å². The summed E-state index contributed by atoms with van der Waals surface area (Å²) in [6.45, 7) is 3.38. The monoisotopic (exact) mass is 426 g/mol. The topological polar surface area (TPSA) is 70.5 Å². The van der Waals surface area contributed by atoms with E-state index in [1.54, 1.807) is 11.0 Å². The molecule has 2 heterocycles. The predicted octanol–water partition coefficient (Wildman–Crippen LogP) is 3.71. The number of nitrogens with zero attached hydrogens (tertiary/aromatic N) is 6. The van der Waals surface area contributed by atoms with Crippen LogP contribution in [0.2, 0.25) is 0 Å². The van der Waals surface area contributed by atoms with Crippen molar-refractivity contribution in [2.24, 2.45) is 0 Å². The molecule has 32 heavy (non-hydrogen) atoms. The van der Waals surface area contributed by atoms with Crippen molar-refractivity contribution >= 4 is 0 Å². The first-order chi connectivity index (χ1) is 15.7. The molecule has 0 aliphatic rings. The van der Waals surface area contributed by atoms with Gasteiger partial charge in [-0.1, -0.05) is 55.8 Å². The minimum atomic E-state index is 0.0265. The van der Waals surface area contributed by atoms with Crippen LogP contribution >= 0.6 is 0 Å². The van der Waals surface area contributed by atoms with E-state index in [-0.39, 0.29) is 5.69 Å². The first-order valence-electron chi connectivity index (χ1n) is 10.8. The minimum Gasteiger partial charge on any atom is -0.299 e. The summed E-state index contributed by atoms with van der Waals surface area (Å²) in [5.74, 6) is 2.68. The van der Waals surface area contributed by atoms with Crippen LogP contribution in [-0.2, 0) is 19.5 Å². The van der Waals surface area contributed by atoms with Crippen molar-refractivity contribution in [2.45, 2.75) is 45.7 Å². The van der Waals surface area contributed by atoms with Crippen LogP contribution in [0.5, 0.6) is 0 Å². The lowest BCUT2D eigenvalue weighted by molar-refractivity contribution is 0.592. The third kappa shape index (κ3) is 4.54. The van der Waals surface area contributed by atoms with Crippen molar-refractivity contribution < 1.29 is 0 Å². The highest BCUT2D eigenvalue weighted by atomic mass is 16.1. The Morgan fingerprint density at radius 1 is 1.09 bits per heavy atom. The van der Waals surface area contributed by atoms with Crippen molar-refractivity contribution in [1.82, 2.24) is 29.3 Å². The van der Waals surface area contributed by atoms with Gasteiger partial charge in [-0.2, -0.15) is 4.68 Å². The summed E-state index contributed by atoms with van der Waals surface area (Å²) in [6, 6.07) is 16.2. The highest BCUT2D eigenvalue weighted by Gasteiger charge is 2.12. The fourth-order valence-electron chi connectivity index (χ4n) is 3.80. The van der Waals surface area contributed by atoms with E-state index in [1.807, 2.05) is 39.6 Å². The number of imidazole rings is 1. The quantitative estimate of drug-likeness (QED) is 0.383. The van der Waals surface area contributed by atoms with Gasteiger partial charge in [0.2, 0.25) is 0 Å². The number of para-hydroxylation sites is 1. The number of aromatic nitrogens is 6. The highest BCUT2D eigenvalue weighted by Crippen LogP contribution is 2.26. The van der Waals surface area contributed by atoms with Crippen LogP contribution < -0.4 is 5.69 Å². The number of rotatable bonds is 9. The van der Waals surface area contributed by atoms with Gasteiger partial charge in [-0.05, 0) is 34.0 Å². The molecule has 0 bridgehead atoms. The largest absolute Gasteiger partial charge is 0.328 e. The molecule has 4 aromatic rings. The molecule has 0 saturated carbocycles. The van der Waals surface area contributed by atoms with Crippen LogP contribution in [0.15, 0.2) is 65.8 Å². The van der Waals surface area contributed by atoms with Crippen LogP contribution in [0.3, 0.4) is 0 Å². The normalized spacial score (nSPS) is 10.9. The van der Waals surface area contributed by atoms with E-state index in [4.69, 9.17) is 6.42 Å². The predicted molar refractivity (Wildman–Crippen MR) is 124 cm³/mol. The number of terminal acetylenes is 1. The summed E-state index contributed by atoms with van der Waals surface area (Å²) in [4.78, 5) is 13.0. The van der Waals surface area contributed by atoms with Crippen molar-refractivity contribution in [2.75, 3.05) is 0 Å². The summed E-state index contributed by atoms with van der Waals surface area (Å²) in [5.41, 5.74) is 5.07. The lowest BCUT2D eigenvalue weighted by atomic mass is 10.0. The molecule has 0 saturated heterocycles. The molecule has 2 aromatic heterocycles. The molecule has 0 fully saturated rings. The lowest BCUT2D eigenvalue weighted by Gasteiger charge is -2.10. The number of benzene rings is 2. The van der Waals surface area contributed by atoms with Gasteiger partial charge < -0.3 is 0 Å². The molecule has 0 N–H and O–H groups in total. The summed E-state index contributed by atoms with van der Waals surface area (Å²) in [6.07, 6.45) is 12.4. The number of hydrogen-bond acceptors (Lipinski definition) is 4. The van der Waals surface area contributed by atoms with Crippen LogP contribution in [0.1, 0.15) is 37.4 Å². The molecule has 0 aliphatic carbocycles. The van der Waals surface area contributed by atoms with Crippen LogP contribution in [0, 0.1) is 12.3 Å². The molecule has 0 atom stereocenters. The fraction of sp³-hybridized carbons (Fsp3) is 0.280. The summed E-state index contributed by atoms with van der Waals surface area (Å²) in [5, 5.41) is 11.5. The third-order valence-electron chi connectivity index (χ3n) is 5.51. The number of unbranched alkanes of at least 4 members (excludes halogenated alkanes) is 1. The second kappa shape index (κ2) is 9.92. The second-order valence-electron chi connectivity index (χ2n) is 7.71. The third-order valence-corrected chi connectivity index (χ3v) is 5.51. The maximum absolute atomic E-state index is 13.0. The molecule has 7 nitrogen and oxygen atoms in total. The van der Waals surface area contributed by atoms with Gasteiger partial charge in [0.25, 0.3) is 0 Å². The smallest absolute Gasteiger partial charge is 0.299 e. The molecule has 0 unspecified atom stereocenters. The molecule has 0 spiro atoms. The Morgan fingerprint density at radius 2 is 1.91 bits per heavy atom. The molecular weight excluding hydrogens is 400 g/mol. The van der Waals surface area contributed by atoms with E-state index >= 15 is 0 Å². The van der Waals surface area contributed by atoms with Gasteiger partial charge in [0.05, 0.1) is 12.2 Å². The van der Waals surface area contributed by atoms with E-state index in [9.17, 15) is 4.79 Å². The fourth-order valence-corrected chi connectivity index (χ4v) is 3.80. The van der Waals surface area contributed by atoms with Gasteiger partial charge in [0.1, 0.15) is 6.33 Å². The van der Waals surface area contributed by atoms with E-state index in [2.05, 4.69) is 52.6 Å². The van der Waals surface area contributed by atoms with Crippen molar-refractivity contribution in [1.29, 1.82) is 0 Å². The molecule has 0 amide bonds. The summed E-state index contributed by atoms with van der Waals surface area (Å²) in [7, 11) is 0. The Morgan fingerprint density at radius 3 is 2.62 bits per heavy atom. The zero-order chi connectivity index (χ0) is 22.3. The zero-order valence-electron chi connectivity index (χ0n) is 18.2. The van der Waals surface area contributed by atoms with Crippen molar-refractivity contribution in [3.63, 3.8) is 0 Å². The van der Waals surface area contributed by atoms with Crippen molar-refractivity contribution in [3.05, 3.63) is 82.8 Å². The molecule has 4 rings (SSSR count). The number of hydrogen-bond donors (Lipinski definition) is 0. The molecule has 0 aliphatic heterocycles. The molecular formula is C25H26N6O. The maximum atomic E-state index is 13.0. The Bertz CT molecular complexity index is 1260. The van der Waals surface area contributed by atoms with E-state index in [0.29, 0.717) is 19.4 Å². The lowest BCUT2D eigenvalue weighted by Crippen LogP contribution is -2.25. The average Bonchev–Trinajstić information content (AvgIpc) is 3.46. The van der Waals surface area contributed by atoms with Gasteiger partial charge in [-0.3, -0.25) is 9.13 Å². The Balaban J connectivity index is 1.61. The molecule has 2 aromatic carbocycles. The standard InChI is InChI=1S/C25H26N6O/c1-3-5-9-22-18-29(16-6-4-2)25(32)30(22)17-20-12-14-21(15-13-20)23-10-7-8-11-24(23)31-19-26-27-28-31/h1,7-8,10-15,18-19H,4-6,9,16-17H2,2H3. The van der Waals surface area contributed by atoms with Gasteiger partial charge in [0.15, 0.2) is 0 Å². The van der Waals surface area contributed by atoms with E-state index in [1.165, 1.54) is 0 Å². The Hall–Kier alpha value is -3.92. The van der Waals surface area contributed by atoms with Gasteiger partial charge in [-0.15, -0.1) is 17.4 Å². The van der Waals surface area contributed by atoms with Crippen molar-refractivity contribution in [3.8, 4) is 29.2 Å². The Kier molecular flexibility index (Phi) is 6.61. The summed E-state index contributed by atoms with van der Waals surface area (Å²) < 4.78 is 5.31. The van der Waals surface area contributed by atoms with Gasteiger partial charge >= 0.3 is 5.69 Å². The first-order valence-corrected chi connectivity index (χ1v) is 10.8. The van der Waals surface area contributed by atoms with E-state index < -0.39 is 0 Å². The van der Waals surface area contributed by atoms with Crippen LogP contribution in [-0.4, -0.2) is 29.3 Å². The zero-order valence-corrected chi connectivity index (χ0v) is 18.2. The highest BCUT2D eigenvalue weighted by molar-refractivity contribution is 5.72. The maximum Gasteiger partial charge on any atom is 0.328 e. The summed E-state index contributed by atoms with van der Waals surface area (Å²) >= 11 is 0. The first kappa shape index (κ1) is 21.3. The van der Waals surface area contributed by atoms with E-state index in [0.717, 1.165) is 47.5 Å². The minimum absolute atomic E-state index is 0.0265. The van der Waals surface area contributed by atoms with Crippen LogP contribution in [0.4, 0.5) is 0 Å².